The molecular formula is C14H20N2O3S. The van der Waals surface area contributed by atoms with E-state index in [0.29, 0.717) is 11.4 Å². The Morgan fingerprint density at radius 2 is 2.05 bits per heavy atom. The molecule has 0 fully saturated rings. The number of amides is 1. The summed E-state index contributed by atoms with van der Waals surface area (Å²) in [6, 6.07) is 7.00. The van der Waals surface area contributed by atoms with Gasteiger partial charge in [-0.3, -0.25) is 4.79 Å². The Bertz CT molecular complexity index is 484. The monoisotopic (exact) mass is 296 g/mol. The van der Waals surface area contributed by atoms with Crippen molar-refractivity contribution >= 4 is 28.8 Å². The Kier molecular flexibility index (Phi) is 5.91. The third-order valence-electron chi connectivity index (χ3n) is 2.14. The Morgan fingerprint density at radius 3 is 2.65 bits per heavy atom. The molecule has 0 aliphatic heterocycles. The quantitative estimate of drug-likeness (QED) is 0.787. The van der Waals surface area contributed by atoms with Crippen LogP contribution >= 0.6 is 12.2 Å². The number of benzene rings is 1. The Balaban J connectivity index is 2.53. The molecule has 0 heterocycles. The second-order valence-electron chi connectivity index (χ2n) is 5.23. The van der Waals surface area contributed by atoms with E-state index in [2.05, 4.69) is 5.32 Å². The summed E-state index contributed by atoms with van der Waals surface area (Å²) in [5.41, 5.74) is 5.64. The van der Waals surface area contributed by atoms with Gasteiger partial charge in [0.2, 0.25) is 5.91 Å². The summed E-state index contributed by atoms with van der Waals surface area (Å²) in [5, 5.41) is 2.73. The average Bonchev–Trinajstić information content (AvgIpc) is 2.34. The van der Waals surface area contributed by atoms with Gasteiger partial charge in [0.05, 0.1) is 5.60 Å². The summed E-state index contributed by atoms with van der Waals surface area (Å²) in [7, 11) is 0. The lowest BCUT2D eigenvalue weighted by Crippen LogP contribution is -2.27. The summed E-state index contributed by atoms with van der Waals surface area (Å²) in [6.45, 7) is 5.85. The minimum Gasteiger partial charge on any atom is -0.486 e. The number of carbonyl (C=O) groups is 1. The molecule has 1 amide bonds. The molecule has 0 aromatic heterocycles. The first kappa shape index (κ1) is 16.4. The number of ether oxygens (including phenoxy) is 2. The molecule has 5 nitrogen and oxygen atoms in total. The van der Waals surface area contributed by atoms with E-state index in [1.54, 1.807) is 24.3 Å². The van der Waals surface area contributed by atoms with Gasteiger partial charge in [-0.1, -0.05) is 18.3 Å². The predicted octanol–water partition coefficient (Wildman–Crippen LogP) is 2.11. The molecule has 3 N–H and O–H groups in total. The predicted molar refractivity (Wildman–Crippen MR) is 83.1 cm³/mol. The van der Waals surface area contributed by atoms with Crippen LogP contribution < -0.4 is 15.8 Å². The summed E-state index contributed by atoms with van der Waals surface area (Å²) >= 11 is 4.73. The van der Waals surface area contributed by atoms with E-state index in [-0.39, 0.29) is 29.7 Å². The number of hydrogen-bond donors (Lipinski definition) is 2. The minimum absolute atomic E-state index is 0.00146. The summed E-state index contributed by atoms with van der Waals surface area (Å²) in [6.07, 6.45) is 0. The number of rotatable bonds is 6. The smallest absolute Gasteiger partial charge is 0.250 e. The van der Waals surface area contributed by atoms with Crippen molar-refractivity contribution in [1.82, 2.24) is 0 Å². The van der Waals surface area contributed by atoms with E-state index in [1.807, 2.05) is 20.8 Å². The fourth-order valence-electron chi connectivity index (χ4n) is 1.30. The van der Waals surface area contributed by atoms with Crippen LogP contribution in [0.15, 0.2) is 24.3 Å². The number of thiocarbonyl (C=S) groups is 1. The lowest BCUT2D eigenvalue weighted by atomic mass is 10.2. The largest absolute Gasteiger partial charge is 0.486 e. The van der Waals surface area contributed by atoms with Crippen molar-refractivity contribution in [2.75, 3.05) is 18.5 Å². The topological polar surface area (TPSA) is 73.6 Å². The highest BCUT2D eigenvalue weighted by Gasteiger charge is 2.13. The maximum atomic E-state index is 11.7. The van der Waals surface area contributed by atoms with Crippen molar-refractivity contribution in [1.29, 1.82) is 0 Å². The van der Waals surface area contributed by atoms with Crippen LogP contribution in [0.3, 0.4) is 0 Å². The van der Waals surface area contributed by atoms with Crippen LogP contribution in [0.25, 0.3) is 0 Å². The Labute approximate surface area is 124 Å². The SMILES string of the molecule is CC(C)(C)OCC(=O)Nc1cccc(OCC(N)=S)c1. The molecule has 0 bridgehead atoms. The molecule has 0 atom stereocenters. The van der Waals surface area contributed by atoms with Crippen molar-refractivity contribution in [2.24, 2.45) is 5.73 Å². The number of nitrogens with one attached hydrogen (secondary N) is 1. The first-order chi connectivity index (χ1) is 9.26. The second kappa shape index (κ2) is 7.21. The van der Waals surface area contributed by atoms with Gasteiger partial charge in [0.25, 0.3) is 0 Å². The van der Waals surface area contributed by atoms with Crippen molar-refractivity contribution in [3.63, 3.8) is 0 Å². The van der Waals surface area contributed by atoms with E-state index < -0.39 is 0 Å². The first-order valence-electron chi connectivity index (χ1n) is 6.21. The van der Waals surface area contributed by atoms with Gasteiger partial charge < -0.3 is 20.5 Å². The molecule has 0 radical (unpaired) electrons. The van der Waals surface area contributed by atoms with Crippen molar-refractivity contribution in [3.8, 4) is 5.75 Å². The van der Waals surface area contributed by atoms with Crippen LogP contribution in [0.4, 0.5) is 5.69 Å². The molecule has 6 heteroatoms. The van der Waals surface area contributed by atoms with Crippen LogP contribution in [0, 0.1) is 0 Å². The van der Waals surface area contributed by atoms with E-state index in [0.717, 1.165) is 0 Å². The molecule has 0 spiro atoms. The highest BCUT2D eigenvalue weighted by Crippen LogP contribution is 2.17. The van der Waals surface area contributed by atoms with Gasteiger partial charge in [-0.25, -0.2) is 0 Å². The fraction of sp³-hybridized carbons (Fsp3) is 0.429. The van der Waals surface area contributed by atoms with E-state index in [4.69, 9.17) is 27.4 Å². The van der Waals surface area contributed by atoms with Gasteiger partial charge in [0, 0.05) is 11.8 Å². The molecule has 1 rings (SSSR count). The Morgan fingerprint density at radius 1 is 1.35 bits per heavy atom. The fourth-order valence-corrected chi connectivity index (χ4v) is 1.36. The molecule has 0 unspecified atom stereocenters. The van der Waals surface area contributed by atoms with Crippen LogP contribution in [-0.4, -0.2) is 29.7 Å². The molecule has 1 aromatic carbocycles. The van der Waals surface area contributed by atoms with Gasteiger partial charge >= 0.3 is 0 Å². The lowest BCUT2D eigenvalue weighted by molar-refractivity contribution is -0.125. The zero-order valence-corrected chi connectivity index (χ0v) is 12.8. The van der Waals surface area contributed by atoms with Crippen molar-refractivity contribution in [2.45, 2.75) is 26.4 Å². The maximum Gasteiger partial charge on any atom is 0.250 e. The molecular weight excluding hydrogens is 276 g/mol. The summed E-state index contributed by atoms with van der Waals surface area (Å²) in [5.74, 6) is 0.374. The molecule has 0 saturated heterocycles. The second-order valence-corrected chi connectivity index (χ2v) is 5.76. The van der Waals surface area contributed by atoms with Crippen LogP contribution in [0.1, 0.15) is 20.8 Å². The number of carbonyl (C=O) groups excluding carboxylic acids is 1. The standard InChI is InChI=1S/C14H20N2O3S/c1-14(2,3)19-9-13(17)16-10-5-4-6-11(7-10)18-8-12(15)20/h4-7H,8-9H2,1-3H3,(H2,15,20)(H,16,17). The summed E-state index contributed by atoms with van der Waals surface area (Å²) in [4.78, 5) is 12.0. The molecule has 1 aromatic rings. The normalized spacial score (nSPS) is 10.9. The van der Waals surface area contributed by atoms with E-state index in [9.17, 15) is 4.79 Å². The van der Waals surface area contributed by atoms with Crippen LogP contribution in [-0.2, 0) is 9.53 Å². The molecule has 0 saturated carbocycles. The molecule has 20 heavy (non-hydrogen) atoms. The van der Waals surface area contributed by atoms with Gasteiger partial charge in [0.15, 0.2) is 0 Å². The van der Waals surface area contributed by atoms with Crippen molar-refractivity contribution < 1.29 is 14.3 Å². The number of nitrogens with two attached hydrogens (primary N) is 1. The maximum absolute atomic E-state index is 11.7. The van der Waals surface area contributed by atoms with Crippen molar-refractivity contribution in [3.05, 3.63) is 24.3 Å². The third kappa shape index (κ3) is 7.06. The van der Waals surface area contributed by atoms with E-state index >= 15 is 0 Å². The van der Waals surface area contributed by atoms with Gasteiger partial charge in [-0.05, 0) is 32.9 Å². The van der Waals surface area contributed by atoms with Gasteiger partial charge in [-0.15, -0.1) is 0 Å². The average molecular weight is 296 g/mol. The molecule has 0 aliphatic carbocycles. The summed E-state index contributed by atoms with van der Waals surface area (Å²) < 4.78 is 10.8. The first-order valence-corrected chi connectivity index (χ1v) is 6.62. The molecule has 110 valence electrons. The van der Waals surface area contributed by atoms with Gasteiger partial charge in [0.1, 0.15) is 24.0 Å². The highest BCUT2D eigenvalue weighted by molar-refractivity contribution is 7.80. The number of hydrogen-bond acceptors (Lipinski definition) is 4. The zero-order chi connectivity index (χ0) is 15.2. The Hall–Kier alpha value is -1.66. The molecule has 0 aliphatic rings. The van der Waals surface area contributed by atoms with E-state index in [1.165, 1.54) is 0 Å². The van der Waals surface area contributed by atoms with Gasteiger partial charge in [-0.2, -0.15) is 0 Å². The van der Waals surface area contributed by atoms with Crippen LogP contribution in [0.5, 0.6) is 5.75 Å². The zero-order valence-electron chi connectivity index (χ0n) is 11.9. The lowest BCUT2D eigenvalue weighted by Gasteiger charge is -2.19. The highest BCUT2D eigenvalue weighted by atomic mass is 32.1. The van der Waals surface area contributed by atoms with Crippen LogP contribution in [0.2, 0.25) is 0 Å². The third-order valence-corrected chi connectivity index (χ3v) is 2.25. The number of anilines is 1. The minimum atomic E-state index is -0.348.